The number of aromatic nitrogens is 4. The fourth-order valence-electron chi connectivity index (χ4n) is 2.37. The minimum absolute atomic E-state index is 0.110. The summed E-state index contributed by atoms with van der Waals surface area (Å²) in [7, 11) is 0. The molecule has 3 heterocycles. The molecule has 0 unspecified atom stereocenters. The van der Waals surface area contributed by atoms with Crippen molar-refractivity contribution in [1.82, 2.24) is 19.9 Å². The van der Waals surface area contributed by atoms with Gasteiger partial charge in [0.15, 0.2) is 5.82 Å². The summed E-state index contributed by atoms with van der Waals surface area (Å²) >= 11 is 1.73. The van der Waals surface area contributed by atoms with Crippen LogP contribution in [0.3, 0.4) is 0 Å². The maximum absolute atomic E-state index is 4.73. The van der Waals surface area contributed by atoms with E-state index in [9.17, 15) is 0 Å². The summed E-state index contributed by atoms with van der Waals surface area (Å²) in [4.78, 5) is 18.0. The Bertz CT molecular complexity index is 837. The normalized spacial score (nSPS) is 11.5. The molecule has 5 nitrogen and oxygen atoms in total. The van der Waals surface area contributed by atoms with Crippen LogP contribution in [0.5, 0.6) is 0 Å². The summed E-state index contributed by atoms with van der Waals surface area (Å²) in [6.45, 7) is 9.34. The smallest absolute Gasteiger partial charge is 0.163 e. The SMILES string of the molecule is Cc1cc(NCCc2csc(C(C)(C)C)n2)nc(-c2cccnc2)n1. The third kappa shape index (κ3) is 4.60. The van der Waals surface area contributed by atoms with Crippen LogP contribution in [0, 0.1) is 6.92 Å². The molecule has 25 heavy (non-hydrogen) atoms. The second kappa shape index (κ2) is 7.27. The van der Waals surface area contributed by atoms with Gasteiger partial charge in [-0.05, 0) is 19.1 Å². The van der Waals surface area contributed by atoms with Crippen molar-refractivity contribution in [3.05, 3.63) is 52.4 Å². The van der Waals surface area contributed by atoms with Gasteiger partial charge in [-0.2, -0.15) is 0 Å². The number of aryl methyl sites for hydroxylation is 1. The second-order valence-electron chi connectivity index (χ2n) is 7.03. The lowest BCUT2D eigenvalue weighted by molar-refractivity contribution is 0.583. The molecule has 3 rings (SSSR count). The van der Waals surface area contributed by atoms with Crippen LogP contribution in [0.15, 0.2) is 36.0 Å². The first-order chi connectivity index (χ1) is 11.9. The summed E-state index contributed by atoms with van der Waals surface area (Å²) < 4.78 is 0. The van der Waals surface area contributed by atoms with E-state index < -0.39 is 0 Å². The van der Waals surface area contributed by atoms with E-state index in [4.69, 9.17) is 4.98 Å². The first-order valence-corrected chi connectivity index (χ1v) is 9.24. The highest BCUT2D eigenvalue weighted by molar-refractivity contribution is 7.09. The van der Waals surface area contributed by atoms with Gasteiger partial charge in [0, 0.05) is 53.5 Å². The van der Waals surface area contributed by atoms with Crippen LogP contribution >= 0.6 is 11.3 Å². The highest BCUT2D eigenvalue weighted by atomic mass is 32.1. The summed E-state index contributed by atoms with van der Waals surface area (Å²) in [6.07, 6.45) is 4.40. The van der Waals surface area contributed by atoms with Crippen LogP contribution in [-0.2, 0) is 11.8 Å². The molecule has 0 amide bonds. The standard InChI is InChI=1S/C19H23N5S/c1-13-10-16(24-17(22-13)14-6-5-8-20-11-14)21-9-7-15-12-25-18(23-15)19(2,3)4/h5-6,8,10-12H,7,9H2,1-4H3,(H,21,22,24). The molecule has 0 fully saturated rings. The van der Waals surface area contributed by atoms with Crippen molar-refractivity contribution in [3.8, 4) is 11.4 Å². The highest BCUT2D eigenvalue weighted by Gasteiger charge is 2.17. The molecule has 3 aromatic heterocycles. The number of nitrogens with one attached hydrogen (secondary N) is 1. The van der Waals surface area contributed by atoms with Crippen LogP contribution in [0.2, 0.25) is 0 Å². The van der Waals surface area contributed by atoms with Gasteiger partial charge in [0.2, 0.25) is 0 Å². The van der Waals surface area contributed by atoms with E-state index in [1.807, 2.05) is 25.1 Å². The van der Waals surface area contributed by atoms with Crippen molar-refractivity contribution in [2.45, 2.75) is 39.5 Å². The van der Waals surface area contributed by atoms with Gasteiger partial charge < -0.3 is 5.32 Å². The number of nitrogens with zero attached hydrogens (tertiary/aromatic N) is 4. The van der Waals surface area contributed by atoms with Crippen LogP contribution in [0.25, 0.3) is 11.4 Å². The zero-order valence-corrected chi connectivity index (χ0v) is 15.9. The number of anilines is 1. The van der Waals surface area contributed by atoms with Gasteiger partial charge in [0.25, 0.3) is 0 Å². The van der Waals surface area contributed by atoms with E-state index in [0.29, 0.717) is 5.82 Å². The number of rotatable bonds is 5. The maximum atomic E-state index is 4.73. The van der Waals surface area contributed by atoms with Crippen LogP contribution < -0.4 is 5.32 Å². The Morgan fingerprint density at radius 2 is 2.00 bits per heavy atom. The van der Waals surface area contributed by atoms with Crippen molar-refractivity contribution in [1.29, 1.82) is 0 Å². The molecule has 0 aliphatic rings. The lowest BCUT2D eigenvalue weighted by Gasteiger charge is -2.13. The number of hydrogen-bond donors (Lipinski definition) is 1. The van der Waals surface area contributed by atoms with Crippen molar-refractivity contribution >= 4 is 17.2 Å². The van der Waals surface area contributed by atoms with Gasteiger partial charge in [-0.25, -0.2) is 15.0 Å². The maximum Gasteiger partial charge on any atom is 0.163 e. The van der Waals surface area contributed by atoms with Crippen LogP contribution in [0.1, 0.15) is 37.2 Å². The van der Waals surface area contributed by atoms with Crippen molar-refractivity contribution in [3.63, 3.8) is 0 Å². The molecule has 0 saturated heterocycles. The minimum Gasteiger partial charge on any atom is -0.370 e. The average molecular weight is 353 g/mol. The minimum atomic E-state index is 0.110. The van der Waals surface area contributed by atoms with E-state index in [-0.39, 0.29) is 5.41 Å². The van der Waals surface area contributed by atoms with Crippen molar-refractivity contribution < 1.29 is 0 Å². The molecule has 0 radical (unpaired) electrons. The Labute approximate surface area is 152 Å². The van der Waals surface area contributed by atoms with Gasteiger partial charge in [0.05, 0.1) is 10.7 Å². The fourth-order valence-corrected chi connectivity index (χ4v) is 3.31. The van der Waals surface area contributed by atoms with Crippen LogP contribution in [-0.4, -0.2) is 26.5 Å². The number of pyridine rings is 1. The molecule has 1 N–H and O–H groups in total. The highest BCUT2D eigenvalue weighted by Crippen LogP contribution is 2.25. The number of thiazole rings is 1. The average Bonchev–Trinajstić information content (AvgIpc) is 3.04. The third-order valence-corrected chi connectivity index (χ3v) is 4.97. The zero-order chi connectivity index (χ0) is 17.9. The molecule has 0 atom stereocenters. The Kier molecular flexibility index (Phi) is 5.08. The Hall–Kier alpha value is -2.34. The molecule has 130 valence electrons. The van der Waals surface area contributed by atoms with Crippen molar-refractivity contribution in [2.75, 3.05) is 11.9 Å². The largest absolute Gasteiger partial charge is 0.370 e. The monoisotopic (exact) mass is 353 g/mol. The molecule has 0 aliphatic carbocycles. The Morgan fingerprint density at radius 3 is 2.68 bits per heavy atom. The predicted octanol–water partition coefficient (Wildman–Crippen LogP) is 4.26. The molecule has 0 saturated carbocycles. The first kappa shape index (κ1) is 17.5. The molecule has 0 spiro atoms. The summed E-state index contributed by atoms with van der Waals surface area (Å²) in [6, 6.07) is 5.82. The molecule has 3 aromatic rings. The van der Waals surface area contributed by atoms with E-state index in [2.05, 4.69) is 46.4 Å². The Balaban J connectivity index is 1.65. The second-order valence-corrected chi connectivity index (χ2v) is 7.89. The molecular formula is C19H23N5S. The summed E-state index contributed by atoms with van der Waals surface area (Å²) in [5, 5.41) is 6.71. The first-order valence-electron chi connectivity index (χ1n) is 8.37. The molecule has 0 aromatic carbocycles. The summed E-state index contributed by atoms with van der Waals surface area (Å²) in [5.74, 6) is 1.52. The zero-order valence-electron chi connectivity index (χ0n) is 15.1. The van der Waals surface area contributed by atoms with Crippen molar-refractivity contribution in [2.24, 2.45) is 0 Å². The van der Waals surface area contributed by atoms with Gasteiger partial charge in [-0.1, -0.05) is 20.8 Å². The third-order valence-electron chi connectivity index (χ3n) is 3.65. The van der Waals surface area contributed by atoms with Crippen LogP contribution in [0.4, 0.5) is 5.82 Å². The molecule has 6 heteroatoms. The van der Waals surface area contributed by atoms with E-state index in [1.165, 1.54) is 5.01 Å². The van der Waals surface area contributed by atoms with E-state index in [1.54, 1.807) is 23.7 Å². The van der Waals surface area contributed by atoms with Gasteiger partial charge in [0.1, 0.15) is 5.82 Å². The van der Waals surface area contributed by atoms with Gasteiger partial charge >= 0.3 is 0 Å². The molecular weight excluding hydrogens is 330 g/mol. The van der Waals surface area contributed by atoms with E-state index >= 15 is 0 Å². The molecule has 0 bridgehead atoms. The van der Waals surface area contributed by atoms with Gasteiger partial charge in [-0.3, -0.25) is 4.98 Å². The van der Waals surface area contributed by atoms with Gasteiger partial charge in [-0.15, -0.1) is 11.3 Å². The fraction of sp³-hybridized carbons (Fsp3) is 0.368. The number of hydrogen-bond acceptors (Lipinski definition) is 6. The molecule has 0 aliphatic heterocycles. The van der Waals surface area contributed by atoms with E-state index in [0.717, 1.165) is 35.7 Å². The predicted molar refractivity (Wildman–Crippen MR) is 103 cm³/mol. The topological polar surface area (TPSA) is 63.6 Å². The lowest BCUT2D eigenvalue weighted by Crippen LogP contribution is -2.11. The lowest BCUT2D eigenvalue weighted by atomic mass is 9.98. The quantitative estimate of drug-likeness (QED) is 0.743. The summed E-state index contributed by atoms with van der Waals surface area (Å²) in [5.41, 5.74) is 3.09. The Morgan fingerprint density at radius 1 is 1.16 bits per heavy atom.